The van der Waals surface area contributed by atoms with Crippen molar-refractivity contribution in [2.45, 2.75) is 63.5 Å². The summed E-state index contributed by atoms with van der Waals surface area (Å²) in [5, 5.41) is 6.45. The monoisotopic (exact) mass is 421 g/mol. The second-order valence-electron chi connectivity index (χ2n) is 9.65. The van der Waals surface area contributed by atoms with Crippen LogP contribution in [-0.2, 0) is 0 Å². The number of rotatable bonds is 4. The van der Waals surface area contributed by atoms with Crippen LogP contribution in [0.3, 0.4) is 0 Å². The summed E-state index contributed by atoms with van der Waals surface area (Å²) in [6.07, 6.45) is 8.12. The van der Waals surface area contributed by atoms with E-state index in [1.165, 1.54) is 6.20 Å². The van der Waals surface area contributed by atoms with Crippen molar-refractivity contribution in [1.82, 2.24) is 25.6 Å². The highest BCUT2D eigenvalue weighted by Gasteiger charge is 2.59. The van der Waals surface area contributed by atoms with E-state index in [2.05, 4.69) is 25.6 Å². The summed E-state index contributed by atoms with van der Waals surface area (Å²) in [7, 11) is 0. The second kappa shape index (κ2) is 7.28. The molecule has 2 aromatic rings. The van der Waals surface area contributed by atoms with E-state index in [1.807, 2.05) is 19.1 Å². The third kappa shape index (κ3) is 3.98. The molecule has 2 atom stereocenters. The summed E-state index contributed by atoms with van der Waals surface area (Å²) in [5.41, 5.74) is 1.26. The number of carbonyl (C=O) groups is 2. The predicted octanol–water partition coefficient (Wildman–Crippen LogP) is 3.10. The van der Waals surface area contributed by atoms with Crippen LogP contribution in [0.4, 0.5) is 4.79 Å². The normalized spacial score (nSPS) is 30.6. The number of hydrogen-bond donors (Lipinski definition) is 2. The SMILES string of the molecule is Cc1cncc(OC(=O)NC23CC4CC(C2)CC(NC(=O)c2cccc(C)n2)(C4)C3)n1. The minimum atomic E-state index is -0.510. The summed E-state index contributed by atoms with van der Waals surface area (Å²) in [6.45, 7) is 3.68. The molecule has 2 N–H and O–H groups in total. The fourth-order valence-electron chi connectivity index (χ4n) is 6.36. The number of hydrogen-bond acceptors (Lipinski definition) is 6. The predicted molar refractivity (Wildman–Crippen MR) is 113 cm³/mol. The molecule has 8 nitrogen and oxygen atoms in total. The van der Waals surface area contributed by atoms with Crippen molar-refractivity contribution in [1.29, 1.82) is 0 Å². The highest BCUT2D eigenvalue weighted by molar-refractivity contribution is 5.92. The molecule has 8 heteroatoms. The molecule has 6 rings (SSSR count). The van der Waals surface area contributed by atoms with Crippen LogP contribution < -0.4 is 15.4 Å². The van der Waals surface area contributed by atoms with Crippen LogP contribution in [0.25, 0.3) is 0 Å². The van der Waals surface area contributed by atoms with Gasteiger partial charge in [-0.25, -0.2) is 14.8 Å². The quantitative estimate of drug-likeness (QED) is 0.786. The summed E-state index contributed by atoms with van der Waals surface area (Å²) in [5.74, 6) is 1.01. The van der Waals surface area contributed by atoms with Gasteiger partial charge in [-0.05, 0) is 76.3 Å². The Bertz CT molecular complexity index is 1030. The third-order valence-electron chi connectivity index (χ3n) is 6.86. The number of aromatic nitrogens is 3. The molecule has 4 saturated carbocycles. The Hall–Kier alpha value is -3.03. The topological polar surface area (TPSA) is 106 Å². The van der Waals surface area contributed by atoms with E-state index in [0.717, 1.165) is 37.8 Å². The molecule has 4 bridgehead atoms. The Morgan fingerprint density at radius 3 is 2.35 bits per heavy atom. The van der Waals surface area contributed by atoms with Crippen molar-refractivity contribution in [3.63, 3.8) is 0 Å². The highest BCUT2D eigenvalue weighted by Crippen LogP contribution is 2.57. The molecular weight excluding hydrogens is 394 g/mol. The van der Waals surface area contributed by atoms with Crippen molar-refractivity contribution >= 4 is 12.0 Å². The van der Waals surface area contributed by atoms with E-state index in [4.69, 9.17) is 4.74 Å². The maximum atomic E-state index is 13.0. The summed E-state index contributed by atoms with van der Waals surface area (Å²) >= 11 is 0. The van der Waals surface area contributed by atoms with E-state index in [1.54, 1.807) is 19.2 Å². The minimum Gasteiger partial charge on any atom is -0.390 e. The van der Waals surface area contributed by atoms with Gasteiger partial charge in [0.1, 0.15) is 5.69 Å². The van der Waals surface area contributed by atoms with E-state index in [9.17, 15) is 9.59 Å². The van der Waals surface area contributed by atoms with Crippen LogP contribution in [-0.4, -0.2) is 38.0 Å². The van der Waals surface area contributed by atoms with Crippen LogP contribution >= 0.6 is 0 Å². The van der Waals surface area contributed by atoms with E-state index in [-0.39, 0.29) is 22.9 Å². The maximum absolute atomic E-state index is 13.0. The Morgan fingerprint density at radius 2 is 1.68 bits per heavy atom. The molecule has 0 saturated heterocycles. The number of amides is 2. The molecule has 162 valence electrons. The lowest BCUT2D eigenvalue weighted by Crippen LogP contribution is -2.70. The van der Waals surface area contributed by atoms with Crippen LogP contribution in [0.15, 0.2) is 30.6 Å². The van der Waals surface area contributed by atoms with Gasteiger partial charge in [-0.2, -0.15) is 0 Å². The number of nitrogens with zero attached hydrogens (tertiary/aromatic N) is 3. The molecule has 2 heterocycles. The first-order valence-electron chi connectivity index (χ1n) is 10.9. The lowest BCUT2D eigenvalue weighted by atomic mass is 9.50. The maximum Gasteiger partial charge on any atom is 0.414 e. The van der Waals surface area contributed by atoms with Gasteiger partial charge in [0.05, 0.1) is 11.9 Å². The third-order valence-corrected chi connectivity index (χ3v) is 6.86. The number of pyridine rings is 1. The average molecular weight is 422 g/mol. The van der Waals surface area contributed by atoms with E-state index >= 15 is 0 Å². The standard InChI is InChI=1S/C23H27N5O3/c1-14-4-3-5-18(25-14)20(29)27-22-7-16-6-17(8-22)10-23(9-16,13-22)28-21(30)31-19-12-24-11-15(2)26-19/h3-5,11-12,16-17H,6-10,13H2,1-2H3,(H,27,29)(H,28,30). The van der Waals surface area contributed by atoms with Crippen LogP contribution in [0.1, 0.15) is 60.4 Å². The number of aryl methyl sites for hydroxylation is 2. The molecule has 0 aliphatic heterocycles. The van der Waals surface area contributed by atoms with Gasteiger partial charge in [0.15, 0.2) is 0 Å². The summed E-state index contributed by atoms with van der Waals surface area (Å²) in [6, 6.07) is 5.48. The molecule has 0 spiro atoms. The molecule has 0 aromatic carbocycles. The van der Waals surface area contributed by atoms with Gasteiger partial charge in [-0.3, -0.25) is 9.78 Å². The van der Waals surface area contributed by atoms with E-state index in [0.29, 0.717) is 29.6 Å². The number of ether oxygens (including phenoxy) is 1. The molecular formula is C23H27N5O3. The second-order valence-corrected chi connectivity index (χ2v) is 9.65. The smallest absolute Gasteiger partial charge is 0.390 e. The van der Waals surface area contributed by atoms with Crippen molar-refractivity contribution in [3.05, 3.63) is 47.7 Å². The first-order valence-corrected chi connectivity index (χ1v) is 10.9. The largest absolute Gasteiger partial charge is 0.414 e. The number of carbonyl (C=O) groups excluding carboxylic acids is 2. The molecule has 2 amide bonds. The zero-order valence-electron chi connectivity index (χ0n) is 17.9. The van der Waals surface area contributed by atoms with Crippen LogP contribution in [0.5, 0.6) is 5.88 Å². The van der Waals surface area contributed by atoms with Gasteiger partial charge < -0.3 is 15.4 Å². The summed E-state index contributed by atoms with van der Waals surface area (Å²) in [4.78, 5) is 38.3. The van der Waals surface area contributed by atoms with Gasteiger partial charge >= 0.3 is 6.09 Å². The molecule has 4 aliphatic rings. The van der Waals surface area contributed by atoms with Crippen LogP contribution in [0.2, 0.25) is 0 Å². The lowest BCUT2D eigenvalue weighted by molar-refractivity contribution is -0.0450. The van der Waals surface area contributed by atoms with Gasteiger partial charge in [-0.1, -0.05) is 6.07 Å². The molecule has 31 heavy (non-hydrogen) atoms. The average Bonchev–Trinajstić information content (AvgIpc) is 2.66. The highest BCUT2D eigenvalue weighted by atomic mass is 16.6. The lowest BCUT2D eigenvalue weighted by Gasteiger charge is -2.61. The van der Waals surface area contributed by atoms with Crippen molar-refractivity contribution in [2.24, 2.45) is 11.8 Å². The first kappa shape index (κ1) is 19.9. The molecule has 2 aromatic heterocycles. The molecule has 4 aliphatic carbocycles. The van der Waals surface area contributed by atoms with Gasteiger partial charge in [0.2, 0.25) is 5.88 Å². The fraction of sp³-hybridized carbons (Fsp3) is 0.522. The molecule has 2 unspecified atom stereocenters. The van der Waals surface area contributed by atoms with Crippen molar-refractivity contribution < 1.29 is 14.3 Å². The zero-order valence-corrected chi connectivity index (χ0v) is 17.9. The Balaban J connectivity index is 1.32. The van der Waals surface area contributed by atoms with Crippen molar-refractivity contribution in [3.8, 4) is 5.88 Å². The van der Waals surface area contributed by atoms with Gasteiger partial charge in [0.25, 0.3) is 5.91 Å². The first-order chi connectivity index (χ1) is 14.8. The van der Waals surface area contributed by atoms with E-state index < -0.39 is 6.09 Å². The minimum absolute atomic E-state index is 0.140. The molecule has 4 fully saturated rings. The Labute approximate surface area is 181 Å². The van der Waals surface area contributed by atoms with Gasteiger partial charge in [0, 0.05) is 23.0 Å². The summed E-state index contributed by atoms with van der Waals surface area (Å²) < 4.78 is 5.41. The number of nitrogens with one attached hydrogen (secondary N) is 2. The molecule has 0 radical (unpaired) electrons. The van der Waals surface area contributed by atoms with Crippen molar-refractivity contribution in [2.75, 3.05) is 0 Å². The Morgan fingerprint density at radius 1 is 0.968 bits per heavy atom. The van der Waals surface area contributed by atoms with Crippen LogP contribution in [0, 0.1) is 25.7 Å². The van der Waals surface area contributed by atoms with Gasteiger partial charge in [-0.15, -0.1) is 0 Å². The fourth-order valence-corrected chi connectivity index (χ4v) is 6.36. The Kier molecular flexibility index (Phi) is 4.68. The zero-order chi connectivity index (χ0) is 21.6.